The van der Waals surface area contributed by atoms with Crippen molar-refractivity contribution in [1.29, 1.82) is 0 Å². The number of rotatable bonds is 7. The number of amidine groups is 1. The molecular weight excluding hydrogens is 283 g/mol. The van der Waals surface area contributed by atoms with Crippen molar-refractivity contribution >= 4 is 17.4 Å². The molecule has 0 bridgehead atoms. The van der Waals surface area contributed by atoms with Gasteiger partial charge in [0.15, 0.2) is 0 Å². The minimum Gasteiger partial charge on any atom is -0.370 e. The fourth-order valence-electron chi connectivity index (χ4n) is 2.48. The van der Waals surface area contributed by atoms with Crippen molar-refractivity contribution in [2.45, 2.75) is 20.3 Å². The fourth-order valence-corrected chi connectivity index (χ4v) is 2.48. The van der Waals surface area contributed by atoms with Crippen LogP contribution in [0.3, 0.4) is 0 Å². The second kappa shape index (κ2) is 7.77. The molecule has 0 fully saturated rings. The van der Waals surface area contributed by atoms with Gasteiger partial charge in [-0.2, -0.15) is 0 Å². The van der Waals surface area contributed by atoms with Gasteiger partial charge in [0, 0.05) is 19.6 Å². The lowest BCUT2D eigenvalue weighted by molar-refractivity contribution is 0.0764. The molecule has 22 heavy (non-hydrogen) atoms. The molecule has 0 aromatic heterocycles. The highest BCUT2D eigenvalue weighted by Crippen LogP contribution is 2.22. The van der Waals surface area contributed by atoms with E-state index in [2.05, 4.69) is 10.3 Å². The highest BCUT2D eigenvalue weighted by molar-refractivity contribution is 6.00. The number of hydrogen-bond acceptors (Lipinski definition) is 4. The summed E-state index contributed by atoms with van der Waals surface area (Å²) in [6, 6.07) is 6.80. The lowest BCUT2D eigenvalue weighted by Crippen LogP contribution is -2.34. The first kappa shape index (κ1) is 16.3. The molecule has 1 N–H and O–H groups in total. The molecular formula is C16H23FN4O. The van der Waals surface area contributed by atoms with Gasteiger partial charge in [0.05, 0.1) is 17.8 Å². The fraction of sp³-hybridized carbons (Fsp3) is 0.500. The molecule has 1 aromatic carbocycles. The summed E-state index contributed by atoms with van der Waals surface area (Å²) >= 11 is 0. The van der Waals surface area contributed by atoms with Crippen LogP contribution in [0.1, 0.15) is 30.6 Å². The quantitative estimate of drug-likeness (QED) is 0.786. The standard InChI is InChI=1S/C16H23FN4O/c1-3-11-20(4-2)16(22)13-7-5-6-8-14(13)21(17)12-15-18-9-10-19-15/h5-8H,3-4,9-12H2,1-2H3,(H,18,19). The van der Waals surface area contributed by atoms with Crippen molar-refractivity contribution in [3.63, 3.8) is 0 Å². The van der Waals surface area contributed by atoms with Crippen molar-refractivity contribution in [2.75, 3.05) is 37.8 Å². The molecule has 2 rings (SSSR count). The lowest BCUT2D eigenvalue weighted by Gasteiger charge is -2.23. The third kappa shape index (κ3) is 3.75. The van der Waals surface area contributed by atoms with Crippen LogP contribution in [-0.4, -0.2) is 49.4 Å². The van der Waals surface area contributed by atoms with E-state index in [4.69, 9.17) is 0 Å². The Hall–Kier alpha value is -2.11. The summed E-state index contributed by atoms with van der Waals surface area (Å²) in [4.78, 5) is 18.5. The van der Waals surface area contributed by atoms with Crippen LogP contribution >= 0.6 is 0 Å². The van der Waals surface area contributed by atoms with E-state index in [-0.39, 0.29) is 12.5 Å². The number of halogens is 1. The zero-order valence-corrected chi connectivity index (χ0v) is 13.2. The van der Waals surface area contributed by atoms with E-state index in [0.717, 1.165) is 13.0 Å². The summed E-state index contributed by atoms with van der Waals surface area (Å²) in [5, 5.41) is 3.62. The number of anilines is 1. The van der Waals surface area contributed by atoms with Gasteiger partial charge in [-0.1, -0.05) is 23.5 Å². The number of carbonyl (C=O) groups is 1. The molecule has 0 radical (unpaired) electrons. The van der Waals surface area contributed by atoms with Crippen LogP contribution in [0, 0.1) is 0 Å². The predicted octanol–water partition coefficient (Wildman–Crippen LogP) is 2.25. The van der Waals surface area contributed by atoms with E-state index in [9.17, 15) is 9.28 Å². The average molecular weight is 306 g/mol. The Morgan fingerprint density at radius 3 is 2.77 bits per heavy atom. The Morgan fingerprint density at radius 1 is 1.36 bits per heavy atom. The first-order chi connectivity index (χ1) is 10.7. The van der Waals surface area contributed by atoms with Crippen LogP contribution in [0.15, 0.2) is 29.3 Å². The Labute approximate surface area is 130 Å². The number of aliphatic imine (C=N–C) groups is 1. The maximum absolute atomic E-state index is 14.5. The number of amides is 1. The van der Waals surface area contributed by atoms with E-state index >= 15 is 0 Å². The molecule has 0 atom stereocenters. The Morgan fingerprint density at radius 2 is 2.14 bits per heavy atom. The minimum absolute atomic E-state index is 0.0319. The Balaban J connectivity index is 2.19. The summed E-state index contributed by atoms with van der Waals surface area (Å²) < 4.78 is 14.5. The molecule has 6 heteroatoms. The molecule has 1 aliphatic rings. The molecule has 1 heterocycles. The van der Waals surface area contributed by atoms with Crippen LogP contribution in [0.5, 0.6) is 0 Å². The van der Waals surface area contributed by atoms with E-state index in [1.54, 1.807) is 29.2 Å². The van der Waals surface area contributed by atoms with Crippen molar-refractivity contribution in [2.24, 2.45) is 4.99 Å². The average Bonchev–Trinajstić information content (AvgIpc) is 3.05. The molecule has 0 spiro atoms. The van der Waals surface area contributed by atoms with Crippen molar-refractivity contribution in [1.82, 2.24) is 10.2 Å². The second-order valence-corrected chi connectivity index (χ2v) is 5.18. The SMILES string of the molecule is CCCN(CC)C(=O)c1ccccc1N(F)CC1=NCCN1. The normalized spacial score (nSPS) is 13.5. The molecule has 0 unspecified atom stereocenters. The monoisotopic (exact) mass is 306 g/mol. The van der Waals surface area contributed by atoms with Gasteiger partial charge in [0.1, 0.15) is 12.4 Å². The third-order valence-electron chi connectivity index (χ3n) is 3.59. The van der Waals surface area contributed by atoms with Gasteiger partial charge in [-0.3, -0.25) is 9.79 Å². The zero-order chi connectivity index (χ0) is 15.9. The molecule has 0 aliphatic carbocycles. The maximum Gasteiger partial charge on any atom is 0.256 e. The van der Waals surface area contributed by atoms with Crippen molar-refractivity contribution in [3.8, 4) is 0 Å². The van der Waals surface area contributed by atoms with Gasteiger partial charge in [0.2, 0.25) is 0 Å². The van der Waals surface area contributed by atoms with E-state index in [1.807, 2.05) is 13.8 Å². The number of benzene rings is 1. The van der Waals surface area contributed by atoms with Crippen LogP contribution in [0.25, 0.3) is 0 Å². The predicted molar refractivity (Wildman–Crippen MR) is 87.1 cm³/mol. The molecule has 0 saturated carbocycles. The van der Waals surface area contributed by atoms with Crippen molar-refractivity contribution < 1.29 is 9.28 Å². The highest BCUT2D eigenvalue weighted by atomic mass is 19.2. The van der Waals surface area contributed by atoms with Gasteiger partial charge < -0.3 is 10.2 Å². The Bertz CT molecular complexity index is 547. The number of para-hydroxylation sites is 1. The van der Waals surface area contributed by atoms with Gasteiger partial charge in [-0.15, -0.1) is 0 Å². The van der Waals surface area contributed by atoms with Gasteiger partial charge in [-0.25, -0.2) is 5.12 Å². The minimum atomic E-state index is -0.135. The van der Waals surface area contributed by atoms with E-state index in [0.29, 0.717) is 41.8 Å². The van der Waals surface area contributed by atoms with Crippen LogP contribution in [0.4, 0.5) is 10.2 Å². The summed E-state index contributed by atoms with van der Waals surface area (Å²) in [7, 11) is 0. The first-order valence-corrected chi connectivity index (χ1v) is 7.76. The molecule has 1 aromatic rings. The number of carbonyl (C=O) groups excluding carboxylic acids is 1. The topological polar surface area (TPSA) is 47.9 Å². The second-order valence-electron chi connectivity index (χ2n) is 5.18. The van der Waals surface area contributed by atoms with E-state index < -0.39 is 0 Å². The van der Waals surface area contributed by atoms with Crippen LogP contribution in [-0.2, 0) is 0 Å². The van der Waals surface area contributed by atoms with Gasteiger partial charge >= 0.3 is 0 Å². The first-order valence-electron chi connectivity index (χ1n) is 7.76. The molecule has 5 nitrogen and oxygen atoms in total. The summed E-state index contributed by atoms with van der Waals surface area (Å²) in [6.45, 7) is 6.68. The summed E-state index contributed by atoms with van der Waals surface area (Å²) in [5.41, 5.74) is 0.678. The molecule has 120 valence electrons. The summed E-state index contributed by atoms with van der Waals surface area (Å²) in [5.74, 6) is 0.481. The van der Waals surface area contributed by atoms with Crippen LogP contribution < -0.4 is 10.4 Å². The molecule has 0 saturated heterocycles. The molecule has 1 amide bonds. The number of nitrogens with one attached hydrogen (secondary N) is 1. The van der Waals surface area contributed by atoms with E-state index in [1.165, 1.54) is 0 Å². The number of nitrogens with zero attached hydrogens (tertiary/aromatic N) is 3. The third-order valence-corrected chi connectivity index (χ3v) is 3.59. The maximum atomic E-state index is 14.5. The summed E-state index contributed by atoms with van der Waals surface area (Å²) in [6.07, 6.45) is 0.877. The lowest BCUT2D eigenvalue weighted by atomic mass is 10.1. The molecule has 1 aliphatic heterocycles. The van der Waals surface area contributed by atoms with Crippen LogP contribution in [0.2, 0.25) is 0 Å². The number of hydrogen-bond donors (Lipinski definition) is 1. The smallest absolute Gasteiger partial charge is 0.256 e. The largest absolute Gasteiger partial charge is 0.370 e. The van der Waals surface area contributed by atoms with Gasteiger partial charge in [0.25, 0.3) is 5.91 Å². The highest BCUT2D eigenvalue weighted by Gasteiger charge is 2.21. The zero-order valence-electron chi connectivity index (χ0n) is 13.2. The Kier molecular flexibility index (Phi) is 5.75. The van der Waals surface area contributed by atoms with Gasteiger partial charge in [-0.05, 0) is 25.5 Å². The van der Waals surface area contributed by atoms with Crippen molar-refractivity contribution in [3.05, 3.63) is 29.8 Å².